The third-order valence-corrected chi connectivity index (χ3v) is 4.57. The molecule has 2 heterocycles. The van der Waals surface area contributed by atoms with Crippen LogP contribution in [-0.2, 0) is 11.3 Å². The predicted molar refractivity (Wildman–Crippen MR) is 102 cm³/mol. The minimum Gasteiger partial charge on any atom is -0.467 e. The van der Waals surface area contributed by atoms with Crippen LogP contribution in [0.2, 0.25) is 0 Å². The summed E-state index contributed by atoms with van der Waals surface area (Å²) in [7, 11) is 2.21. The Kier molecular flexibility index (Phi) is 9.44. The first-order chi connectivity index (χ1) is 12.3. The van der Waals surface area contributed by atoms with Gasteiger partial charge in [-0.2, -0.15) is 0 Å². The van der Waals surface area contributed by atoms with Gasteiger partial charge in [-0.15, -0.1) is 0 Å². The van der Waals surface area contributed by atoms with Gasteiger partial charge in [-0.1, -0.05) is 0 Å². The molecule has 2 N–H and O–H groups in total. The Morgan fingerprint density at radius 1 is 1.36 bits per heavy atom. The van der Waals surface area contributed by atoms with E-state index in [2.05, 4.69) is 34.5 Å². The van der Waals surface area contributed by atoms with Crippen molar-refractivity contribution >= 4 is 5.96 Å². The fourth-order valence-corrected chi connectivity index (χ4v) is 3.01. The molecule has 0 unspecified atom stereocenters. The van der Waals surface area contributed by atoms with Gasteiger partial charge in [0.1, 0.15) is 12.4 Å². The van der Waals surface area contributed by atoms with Gasteiger partial charge < -0.3 is 24.7 Å². The lowest BCUT2D eigenvalue weighted by Gasteiger charge is -2.29. The van der Waals surface area contributed by atoms with Crippen LogP contribution >= 0.6 is 0 Å². The lowest BCUT2D eigenvalue weighted by molar-refractivity contribution is 0.105. The lowest BCUT2D eigenvalue weighted by Crippen LogP contribution is -2.39. The molecule has 1 fully saturated rings. The number of guanidine groups is 1. The molecule has 1 aromatic heterocycles. The Morgan fingerprint density at radius 3 is 2.92 bits per heavy atom. The van der Waals surface area contributed by atoms with Gasteiger partial charge in [0.15, 0.2) is 5.96 Å². The highest BCUT2D eigenvalue weighted by molar-refractivity contribution is 5.79. The largest absolute Gasteiger partial charge is 0.467 e. The average Bonchev–Trinajstić information content (AvgIpc) is 3.13. The molecule has 0 amide bonds. The number of furan rings is 1. The number of piperidine rings is 1. The Balaban J connectivity index is 1.55. The van der Waals surface area contributed by atoms with Crippen LogP contribution in [0.4, 0.5) is 0 Å². The number of rotatable bonds is 10. The number of hydrogen-bond acceptors (Lipinski definition) is 4. The highest BCUT2D eigenvalue weighted by atomic mass is 16.5. The van der Waals surface area contributed by atoms with Crippen LogP contribution < -0.4 is 10.6 Å². The normalized spacial score (nSPS) is 17.0. The zero-order valence-corrected chi connectivity index (χ0v) is 15.8. The number of aliphatic imine (C=N–C) groups is 1. The minimum absolute atomic E-state index is 0.533. The maximum atomic E-state index is 5.58. The van der Waals surface area contributed by atoms with E-state index >= 15 is 0 Å². The fraction of sp³-hybridized carbons (Fsp3) is 0.737. The summed E-state index contributed by atoms with van der Waals surface area (Å²) in [5.41, 5.74) is 0. The molecule has 0 radical (unpaired) electrons. The summed E-state index contributed by atoms with van der Waals surface area (Å²) in [6.07, 6.45) is 6.44. The molecule has 0 atom stereocenters. The molecule has 1 aromatic rings. The summed E-state index contributed by atoms with van der Waals surface area (Å²) in [6.45, 7) is 8.44. The fourth-order valence-electron chi connectivity index (χ4n) is 3.01. The minimum atomic E-state index is 0.533. The van der Waals surface area contributed by atoms with Crippen LogP contribution in [0.15, 0.2) is 27.8 Å². The average molecular weight is 351 g/mol. The molecule has 0 aromatic carbocycles. The molecule has 0 saturated carbocycles. The van der Waals surface area contributed by atoms with Gasteiger partial charge in [-0.3, -0.25) is 4.99 Å². The van der Waals surface area contributed by atoms with Crippen LogP contribution in [0.3, 0.4) is 0 Å². The van der Waals surface area contributed by atoms with Crippen LogP contribution in [-0.4, -0.2) is 57.2 Å². The van der Waals surface area contributed by atoms with E-state index in [9.17, 15) is 0 Å². The number of nitrogens with one attached hydrogen (secondary N) is 2. The maximum Gasteiger partial charge on any atom is 0.191 e. The SMILES string of the molecule is CCNC(=NCCCOCc1ccco1)NCCC1CCN(C)CC1. The summed E-state index contributed by atoms with van der Waals surface area (Å²) >= 11 is 0. The van der Waals surface area contributed by atoms with Gasteiger partial charge in [0.25, 0.3) is 0 Å². The van der Waals surface area contributed by atoms with E-state index in [0.717, 1.165) is 43.7 Å². The van der Waals surface area contributed by atoms with Crippen molar-refractivity contribution in [2.24, 2.45) is 10.9 Å². The molecule has 2 rings (SSSR count). The number of likely N-dealkylation sites (tertiary alicyclic amines) is 1. The van der Waals surface area contributed by atoms with Crippen molar-refractivity contribution in [2.75, 3.05) is 46.4 Å². The highest BCUT2D eigenvalue weighted by Gasteiger charge is 2.16. The number of hydrogen-bond donors (Lipinski definition) is 2. The first-order valence-corrected chi connectivity index (χ1v) is 9.58. The van der Waals surface area contributed by atoms with Gasteiger partial charge in [0.05, 0.1) is 6.26 Å². The Hall–Kier alpha value is -1.53. The Bertz CT molecular complexity index is 468. The third kappa shape index (κ3) is 8.40. The highest BCUT2D eigenvalue weighted by Crippen LogP contribution is 2.18. The zero-order valence-electron chi connectivity index (χ0n) is 15.8. The van der Waals surface area contributed by atoms with Crippen LogP contribution in [0.25, 0.3) is 0 Å². The summed E-state index contributed by atoms with van der Waals surface area (Å²) in [5, 5.41) is 6.78. The lowest BCUT2D eigenvalue weighted by atomic mass is 9.94. The van der Waals surface area contributed by atoms with Crippen molar-refractivity contribution in [3.63, 3.8) is 0 Å². The molecule has 0 spiro atoms. The Labute approximate surface area is 152 Å². The van der Waals surface area contributed by atoms with E-state index in [1.807, 2.05) is 12.1 Å². The van der Waals surface area contributed by atoms with Crippen LogP contribution in [0.1, 0.15) is 38.4 Å². The predicted octanol–water partition coefficient (Wildman–Crippen LogP) is 2.47. The Morgan fingerprint density at radius 2 is 2.20 bits per heavy atom. The molecule has 6 nitrogen and oxygen atoms in total. The molecule has 0 aliphatic carbocycles. The summed E-state index contributed by atoms with van der Waals surface area (Å²) < 4.78 is 10.8. The summed E-state index contributed by atoms with van der Waals surface area (Å²) in [5.74, 6) is 2.63. The molecule has 0 bridgehead atoms. The van der Waals surface area contributed by atoms with Gasteiger partial charge in [-0.25, -0.2) is 0 Å². The van der Waals surface area contributed by atoms with Gasteiger partial charge in [-0.05, 0) is 70.8 Å². The monoisotopic (exact) mass is 350 g/mol. The molecular weight excluding hydrogens is 316 g/mol. The van der Waals surface area contributed by atoms with E-state index in [1.54, 1.807) is 6.26 Å². The van der Waals surface area contributed by atoms with Crippen molar-refractivity contribution < 1.29 is 9.15 Å². The quantitative estimate of drug-likeness (QED) is 0.386. The van der Waals surface area contributed by atoms with Crippen molar-refractivity contribution in [1.82, 2.24) is 15.5 Å². The van der Waals surface area contributed by atoms with E-state index < -0.39 is 0 Å². The standard InChI is InChI=1S/C19H34N4O2/c1-3-20-19(22-11-7-17-8-12-23(2)13-9-17)21-10-5-14-24-16-18-6-4-15-25-18/h4,6,15,17H,3,5,7-14,16H2,1-2H3,(H2,20,21,22). The van der Waals surface area contributed by atoms with E-state index in [4.69, 9.17) is 9.15 Å². The molecular formula is C19H34N4O2. The van der Waals surface area contributed by atoms with Crippen molar-refractivity contribution in [3.05, 3.63) is 24.2 Å². The molecule has 25 heavy (non-hydrogen) atoms. The van der Waals surface area contributed by atoms with Crippen molar-refractivity contribution in [2.45, 2.75) is 39.2 Å². The number of nitrogens with zero attached hydrogens (tertiary/aromatic N) is 2. The van der Waals surface area contributed by atoms with E-state index in [1.165, 1.54) is 32.4 Å². The van der Waals surface area contributed by atoms with Gasteiger partial charge in [0, 0.05) is 26.2 Å². The van der Waals surface area contributed by atoms with Crippen LogP contribution in [0, 0.1) is 5.92 Å². The maximum absolute atomic E-state index is 5.58. The summed E-state index contributed by atoms with van der Waals surface area (Å²) in [4.78, 5) is 7.05. The topological polar surface area (TPSA) is 62.0 Å². The summed E-state index contributed by atoms with van der Waals surface area (Å²) in [6, 6.07) is 3.80. The molecule has 6 heteroatoms. The molecule has 1 saturated heterocycles. The molecule has 1 aliphatic heterocycles. The number of ether oxygens (including phenoxy) is 1. The second kappa shape index (κ2) is 11.9. The zero-order chi connectivity index (χ0) is 17.7. The van der Waals surface area contributed by atoms with Gasteiger partial charge in [0.2, 0.25) is 0 Å². The van der Waals surface area contributed by atoms with Crippen molar-refractivity contribution in [3.8, 4) is 0 Å². The second-order valence-corrected chi connectivity index (χ2v) is 6.71. The van der Waals surface area contributed by atoms with E-state index in [0.29, 0.717) is 13.2 Å². The smallest absolute Gasteiger partial charge is 0.191 e. The molecule has 142 valence electrons. The van der Waals surface area contributed by atoms with Crippen LogP contribution in [0.5, 0.6) is 0 Å². The first kappa shape index (κ1) is 19.8. The van der Waals surface area contributed by atoms with Gasteiger partial charge >= 0.3 is 0 Å². The first-order valence-electron chi connectivity index (χ1n) is 9.58. The van der Waals surface area contributed by atoms with Crippen molar-refractivity contribution in [1.29, 1.82) is 0 Å². The second-order valence-electron chi connectivity index (χ2n) is 6.71. The third-order valence-electron chi connectivity index (χ3n) is 4.57. The molecule has 1 aliphatic rings. The van der Waals surface area contributed by atoms with E-state index in [-0.39, 0.29) is 0 Å².